The van der Waals surface area contributed by atoms with Crippen LogP contribution in [0.5, 0.6) is 5.75 Å². The van der Waals surface area contributed by atoms with E-state index >= 15 is 0 Å². The van der Waals surface area contributed by atoms with Gasteiger partial charge < -0.3 is 15.3 Å². The molecular weight excluding hydrogens is 390 g/mol. The molecule has 1 amide bonds. The molecule has 0 saturated carbocycles. The van der Waals surface area contributed by atoms with Crippen LogP contribution in [0.2, 0.25) is 0 Å². The minimum absolute atomic E-state index is 0.00180. The third kappa shape index (κ3) is 4.72. The molecule has 1 aromatic heterocycles. The van der Waals surface area contributed by atoms with Crippen LogP contribution in [0.15, 0.2) is 54.6 Å². The molecule has 31 heavy (non-hydrogen) atoms. The van der Waals surface area contributed by atoms with E-state index in [9.17, 15) is 9.90 Å². The number of hydrogen-bond acceptors (Lipinski definition) is 5. The molecule has 4 rings (SSSR count). The molecule has 162 valence electrons. The summed E-state index contributed by atoms with van der Waals surface area (Å²) in [7, 11) is 0. The molecule has 0 aliphatic carbocycles. The molecule has 2 N–H and O–H groups in total. The average Bonchev–Trinajstić information content (AvgIpc) is 3.07. The predicted octanol–water partition coefficient (Wildman–Crippen LogP) is 3.35. The molecule has 1 saturated heterocycles. The summed E-state index contributed by atoms with van der Waals surface area (Å²) in [5.41, 5.74) is 4.38. The zero-order valence-electron chi connectivity index (χ0n) is 18.1. The van der Waals surface area contributed by atoms with Gasteiger partial charge in [-0.1, -0.05) is 30.3 Å². The molecule has 0 radical (unpaired) electrons. The Labute approximate surface area is 182 Å². The third-order valence-electron chi connectivity index (χ3n) is 5.81. The van der Waals surface area contributed by atoms with E-state index in [0.29, 0.717) is 18.7 Å². The summed E-state index contributed by atoms with van der Waals surface area (Å²) >= 11 is 0. The maximum atomic E-state index is 12.6. The first kappa shape index (κ1) is 20.9. The van der Waals surface area contributed by atoms with Crippen molar-refractivity contribution in [1.29, 1.82) is 0 Å². The van der Waals surface area contributed by atoms with Crippen molar-refractivity contribution in [2.24, 2.45) is 0 Å². The lowest BCUT2D eigenvalue weighted by Gasteiger charge is -2.36. The highest BCUT2D eigenvalue weighted by Gasteiger charge is 2.20. The number of nitrogens with zero attached hydrogens (tertiary/aromatic N) is 4. The van der Waals surface area contributed by atoms with E-state index in [0.717, 1.165) is 54.6 Å². The van der Waals surface area contributed by atoms with Crippen molar-refractivity contribution in [3.05, 3.63) is 66.0 Å². The van der Waals surface area contributed by atoms with Gasteiger partial charge >= 0.3 is 0 Å². The number of aromatic nitrogens is 2. The van der Waals surface area contributed by atoms with Crippen LogP contribution in [0.4, 0.5) is 11.4 Å². The molecule has 0 spiro atoms. The van der Waals surface area contributed by atoms with Crippen LogP contribution in [0.25, 0.3) is 5.69 Å². The zero-order valence-corrected chi connectivity index (χ0v) is 18.1. The van der Waals surface area contributed by atoms with E-state index in [1.807, 2.05) is 67.1 Å². The molecule has 7 heteroatoms. The van der Waals surface area contributed by atoms with Crippen LogP contribution in [0, 0.1) is 13.8 Å². The molecule has 0 atom stereocenters. The lowest BCUT2D eigenvalue weighted by Crippen LogP contribution is -2.47. The largest absolute Gasteiger partial charge is 0.506 e. The van der Waals surface area contributed by atoms with Gasteiger partial charge in [0.15, 0.2) is 0 Å². The van der Waals surface area contributed by atoms with Crippen molar-refractivity contribution in [2.75, 3.05) is 42.9 Å². The van der Waals surface area contributed by atoms with E-state index in [1.54, 1.807) is 6.07 Å². The predicted molar refractivity (Wildman–Crippen MR) is 123 cm³/mol. The number of phenolic OH excluding ortho intramolecular Hbond substituents is 1. The number of rotatable bonds is 6. The van der Waals surface area contributed by atoms with Crippen molar-refractivity contribution in [2.45, 2.75) is 20.3 Å². The van der Waals surface area contributed by atoms with E-state index in [1.165, 1.54) is 0 Å². The molecule has 1 fully saturated rings. The first-order chi connectivity index (χ1) is 15.0. The minimum atomic E-state index is 0.00180. The molecule has 0 bridgehead atoms. The number of hydrogen-bond donors (Lipinski definition) is 2. The SMILES string of the molecule is Cc1nn(-c2ccccc2)c(C)c1NC(=O)CCN1CCN(c2ccccc2O)CC1. The van der Waals surface area contributed by atoms with Crippen LogP contribution in [-0.4, -0.2) is 58.4 Å². The topological polar surface area (TPSA) is 73.6 Å². The highest BCUT2D eigenvalue weighted by Crippen LogP contribution is 2.27. The van der Waals surface area contributed by atoms with Crippen LogP contribution in [-0.2, 0) is 4.79 Å². The zero-order chi connectivity index (χ0) is 21.8. The second kappa shape index (κ2) is 9.22. The number of aromatic hydroxyl groups is 1. The number of carbonyl (C=O) groups is 1. The first-order valence-corrected chi connectivity index (χ1v) is 10.7. The van der Waals surface area contributed by atoms with E-state index in [-0.39, 0.29) is 5.91 Å². The second-order valence-electron chi connectivity index (χ2n) is 7.91. The number of aryl methyl sites for hydroxylation is 1. The third-order valence-corrected chi connectivity index (χ3v) is 5.81. The second-order valence-corrected chi connectivity index (χ2v) is 7.91. The number of nitrogens with one attached hydrogen (secondary N) is 1. The summed E-state index contributed by atoms with van der Waals surface area (Å²) in [6.07, 6.45) is 0.436. The number of amides is 1. The summed E-state index contributed by atoms with van der Waals surface area (Å²) in [5, 5.41) is 17.7. The standard InChI is InChI=1S/C24H29N5O2/c1-18-24(19(2)29(26-18)20-8-4-3-5-9-20)25-23(31)12-13-27-14-16-28(17-15-27)21-10-6-7-11-22(21)30/h3-11,30H,12-17H2,1-2H3,(H,25,31). The Kier molecular flexibility index (Phi) is 6.23. The van der Waals surface area contributed by atoms with Gasteiger partial charge in [0.2, 0.25) is 5.91 Å². The van der Waals surface area contributed by atoms with Gasteiger partial charge in [-0.15, -0.1) is 0 Å². The lowest BCUT2D eigenvalue weighted by molar-refractivity contribution is -0.116. The fraction of sp³-hybridized carbons (Fsp3) is 0.333. The van der Waals surface area contributed by atoms with E-state index < -0.39 is 0 Å². The lowest BCUT2D eigenvalue weighted by atomic mass is 10.2. The van der Waals surface area contributed by atoms with Gasteiger partial charge in [0.25, 0.3) is 0 Å². The Hall–Kier alpha value is -3.32. The van der Waals surface area contributed by atoms with Crippen LogP contribution >= 0.6 is 0 Å². The Morgan fingerprint density at radius 3 is 2.39 bits per heavy atom. The number of para-hydroxylation sites is 3. The quantitative estimate of drug-likeness (QED) is 0.641. The maximum absolute atomic E-state index is 12.6. The molecule has 0 unspecified atom stereocenters. The fourth-order valence-corrected chi connectivity index (χ4v) is 4.05. The fourth-order valence-electron chi connectivity index (χ4n) is 4.05. The van der Waals surface area contributed by atoms with Crippen molar-refractivity contribution in [1.82, 2.24) is 14.7 Å². The van der Waals surface area contributed by atoms with Crippen molar-refractivity contribution >= 4 is 17.3 Å². The Morgan fingerprint density at radius 1 is 1.00 bits per heavy atom. The summed E-state index contributed by atoms with van der Waals surface area (Å²) in [5.74, 6) is 0.319. The average molecular weight is 420 g/mol. The number of anilines is 2. The highest BCUT2D eigenvalue weighted by molar-refractivity contribution is 5.92. The van der Waals surface area contributed by atoms with Crippen LogP contribution in [0.1, 0.15) is 17.8 Å². The van der Waals surface area contributed by atoms with Gasteiger partial charge in [0.1, 0.15) is 5.75 Å². The van der Waals surface area contributed by atoms with Gasteiger partial charge in [-0.05, 0) is 38.1 Å². The molecule has 3 aromatic rings. The van der Waals surface area contributed by atoms with E-state index in [4.69, 9.17) is 0 Å². The first-order valence-electron chi connectivity index (χ1n) is 10.7. The monoisotopic (exact) mass is 419 g/mol. The number of carbonyl (C=O) groups excluding carboxylic acids is 1. The molecule has 1 aliphatic heterocycles. The van der Waals surface area contributed by atoms with Crippen molar-refractivity contribution < 1.29 is 9.90 Å². The summed E-state index contributed by atoms with van der Waals surface area (Å²) in [6.45, 7) is 8.01. The van der Waals surface area contributed by atoms with Crippen LogP contribution in [0.3, 0.4) is 0 Å². The Bertz CT molecular complexity index is 1040. The smallest absolute Gasteiger partial charge is 0.225 e. The van der Waals surface area contributed by atoms with Gasteiger partial charge in [0.05, 0.1) is 28.5 Å². The maximum Gasteiger partial charge on any atom is 0.225 e. The van der Waals surface area contributed by atoms with Gasteiger partial charge in [-0.25, -0.2) is 4.68 Å². The number of benzene rings is 2. The summed E-state index contributed by atoms with van der Waals surface area (Å²) in [4.78, 5) is 17.1. The van der Waals surface area contributed by atoms with E-state index in [2.05, 4.69) is 20.2 Å². The van der Waals surface area contributed by atoms with Gasteiger partial charge in [-0.3, -0.25) is 9.69 Å². The normalized spacial score (nSPS) is 14.6. The minimum Gasteiger partial charge on any atom is -0.506 e. The number of phenols is 1. The van der Waals surface area contributed by atoms with Gasteiger partial charge in [-0.2, -0.15) is 5.10 Å². The molecule has 2 aromatic carbocycles. The summed E-state index contributed by atoms with van der Waals surface area (Å²) < 4.78 is 1.86. The molecular formula is C24H29N5O2. The number of piperazine rings is 1. The Balaban J connectivity index is 1.30. The Morgan fingerprint density at radius 2 is 1.68 bits per heavy atom. The van der Waals surface area contributed by atoms with Gasteiger partial charge in [0, 0.05) is 39.1 Å². The van der Waals surface area contributed by atoms with Crippen LogP contribution < -0.4 is 10.2 Å². The molecule has 7 nitrogen and oxygen atoms in total. The molecule has 1 aliphatic rings. The summed E-state index contributed by atoms with van der Waals surface area (Å²) in [6, 6.07) is 17.4. The van der Waals surface area contributed by atoms with Crippen molar-refractivity contribution in [3.63, 3.8) is 0 Å². The van der Waals surface area contributed by atoms with Crippen molar-refractivity contribution in [3.8, 4) is 11.4 Å². The highest BCUT2D eigenvalue weighted by atomic mass is 16.3. The molecule has 2 heterocycles.